The van der Waals surface area contributed by atoms with Crippen molar-refractivity contribution in [1.29, 1.82) is 0 Å². The van der Waals surface area contributed by atoms with Gasteiger partial charge < -0.3 is 0 Å². The summed E-state index contributed by atoms with van der Waals surface area (Å²) in [4.78, 5) is 7.20. The first-order chi connectivity index (χ1) is 11.8. The van der Waals surface area contributed by atoms with Gasteiger partial charge in [0.15, 0.2) is 5.82 Å². The minimum atomic E-state index is -4.66. The standard InChI is InChI=1S/C16H17F3N6/c1-5-13-9-12(10-24(4)23-15(20-3)16(17,18)19)22-25(13)14-11(2)7-6-8-21-14/h5-9H,1,3,10H2,2,4H3/b23-15-. The molecule has 0 fully saturated rings. The predicted molar refractivity (Wildman–Crippen MR) is 90.7 cm³/mol. The molecule has 2 rings (SSSR count). The van der Waals surface area contributed by atoms with Crippen LogP contribution in [-0.4, -0.2) is 45.6 Å². The molecule has 0 aromatic carbocycles. The molecule has 25 heavy (non-hydrogen) atoms. The normalized spacial score (nSPS) is 12.1. The van der Waals surface area contributed by atoms with Gasteiger partial charge in [-0.2, -0.15) is 23.4 Å². The van der Waals surface area contributed by atoms with Crippen LogP contribution >= 0.6 is 0 Å². The maximum atomic E-state index is 12.7. The zero-order chi connectivity index (χ0) is 18.6. The van der Waals surface area contributed by atoms with Crippen LogP contribution < -0.4 is 0 Å². The molecule has 0 aliphatic rings. The zero-order valence-electron chi connectivity index (χ0n) is 13.8. The Hall–Kier alpha value is -2.97. The van der Waals surface area contributed by atoms with Gasteiger partial charge in [0.2, 0.25) is 0 Å². The van der Waals surface area contributed by atoms with Crippen molar-refractivity contribution in [2.75, 3.05) is 7.05 Å². The molecular formula is C16H17F3N6. The first kappa shape index (κ1) is 18.4. The molecule has 2 aromatic heterocycles. The van der Waals surface area contributed by atoms with Crippen molar-refractivity contribution in [3.63, 3.8) is 0 Å². The lowest BCUT2D eigenvalue weighted by atomic mass is 10.3. The van der Waals surface area contributed by atoms with Crippen LogP contribution in [0.3, 0.4) is 0 Å². The second-order valence-corrected chi connectivity index (χ2v) is 5.22. The van der Waals surface area contributed by atoms with Crippen LogP contribution in [0.5, 0.6) is 0 Å². The molecule has 0 aliphatic heterocycles. The zero-order valence-corrected chi connectivity index (χ0v) is 13.8. The number of hydrogen-bond donors (Lipinski definition) is 0. The van der Waals surface area contributed by atoms with Crippen molar-refractivity contribution >= 4 is 18.6 Å². The number of alkyl halides is 3. The van der Waals surface area contributed by atoms with E-state index in [1.807, 2.05) is 13.0 Å². The average Bonchev–Trinajstić information content (AvgIpc) is 2.94. The van der Waals surface area contributed by atoms with Crippen LogP contribution in [0.4, 0.5) is 13.2 Å². The molecular weight excluding hydrogens is 333 g/mol. The van der Waals surface area contributed by atoms with Crippen molar-refractivity contribution in [3.05, 3.63) is 47.9 Å². The van der Waals surface area contributed by atoms with Crippen molar-refractivity contribution in [1.82, 2.24) is 19.8 Å². The Bertz CT molecular complexity index is 806. The van der Waals surface area contributed by atoms with E-state index in [-0.39, 0.29) is 6.54 Å². The van der Waals surface area contributed by atoms with Crippen LogP contribution in [0, 0.1) is 6.92 Å². The Morgan fingerprint density at radius 2 is 2.16 bits per heavy atom. The van der Waals surface area contributed by atoms with E-state index in [4.69, 9.17) is 0 Å². The van der Waals surface area contributed by atoms with E-state index in [2.05, 4.69) is 33.5 Å². The van der Waals surface area contributed by atoms with Gasteiger partial charge in [0, 0.05) is 13.2 Å². The molecule has 0 N–H and O–H groups in total. The van der Waals surface area contributed by atoms with E-state index in [0.717, 1.165) is 10.6 Å². The van der Waals surface area contributed by atoms with Crippen LogP contribution in [0.15, 0.2) is 41.1 Å². The maximum absolute atomic E-state index is 12.7. The SMILES string of the molecule is C=Cc1cc(CN(C)/N=C(\N=C)C(F)(F)F)nn1-c1ncccc1C. The van der Waals surface area contributed by atoms with Crippen molar-refractivity contribution in [2.24, 2.45) is 10.1 Å². The van der Waals surface area contributed by atoms with E-state index in [1.165, 1.54) is 7.05 Å². The van der Waals surface area contributed by atoms with Crippen molar-refractivity contribution in [3.8, 4) is 5.82 Å². The molecule has 6 nitrogen and oxygen atoms in total. The van der Waals surface area contributed by atoms with Gasteiger partial charge in [-0.05, 0) is 37.4 Å². The Kier molecular flexibility index (Phi) is 5.35. The number of aryl methyl sites for hydroxylation is 1. The fourth-order valence-electron chi connectivity index (χ4n) is 2.15. The Morgan fingerprint density at radius 3 is 2.72 bits per heavy atom. The number of aromatic nitrogens is 3. The van der Waals surface area contributed by atoms with Gasteiger partial charge in [0.25, 0.3) is 5.84 Å². The van der Waals surface area contributed by atoms with Gasteiger partial charge in [-0.25, -0.2) is 14.7 Å². The molecule has 0 atom stereocenters. The van der Waals surface area contributed by atoms with Gasteiger partial charge in [0.05, 0.1) is 17.9 Å². The largest absolute Gasteiger partial charge is 0.453 e. The summed E-state index contributed by atoms with van der Waals surface area (Å²) in [5.41, 5.74) is 2.09. The highest BCUT2D eigenvalue weighted by Gasteiger charge is 2.36. The van der Waals surface area contributed by atoms with Gasteiger partial charge in [-0.15, -0.1) is 0 Å². The molecule has 2 heterocycles. The van der Waals surface area contributed by atoms with E-state index in [0.29, 0.717) is 17.2 Å². The second kappa shape index (κ2) is 7.29. The van der Waals surface area contributed by atoms with Crippen LogP contribution in [0.1, 0.15) is 17.0 Å². The second-order valence-electron chi connectivity index (χ2n) is 5.22. The topological polar surface area (TPSA) is 58.7 Å². The predicted octanol–water partition coefficient (Wildman–Crippen LogP) is 3.23. The maximum Gasteiger partial charge on any atom is 0.453 e. The summed E-state index contributed by atoms with van der Waals surface area (Å²) in [6, 6.07) is 5.40. The third-order valence-electron chi connectivity index (χ3n) is 3.24. The molecule has 132 valence electrons. The van der Waals surface area contributed by atoms with Crippen molar-refractivity contribution < 1.29 is 13.2 Å². The highest BCUT2D eigenvalue weighted by Crippen LogP contribution is 2.19. The number of halogens is 3. The molecule has 0 unspecified atom stereocenters. The van der Waals surface area contributed by atoms with Gasteiger partial charge in [-0.1, -0.05) is 12.6 Å². The minimum absolute atomic E-state index is 0.0504. The lowest BCUT2D eigenvalue weighted by Gasteiger charge is -2.13. The Balaban J connectivity index is 2.30. The molecule has 0 spiro atoms. The minimum Gasteiger partial charge on any atom is -0.292 e. The number of nitrogens with zero attached hydrogens (tertiary/aromatic N) is 6. The molecule has 0 aliphatic carbocycles. The van der Waals surface area contributed by atoms with Crippen LogP contribution in [0.2, 0.25) is 0 Å². The number of rotatable bonds is 5. The van der Waals surface area contributed by atoms with E-state index < -0.39 is 12.0 Å². The third kappa shape index (κ3) is 4.31. The van der Waals surface area contributed by atoms with E-state index in [1.54, 1.807) is 29.1 Å². The Morgan fingerprint density at radius 1 is 1.44 bits per heavy atom. The number of hydrazone groups is 1. The highest BCUT2D eigenvalue weighted by atomic mass is 19.4. The molecule has 9 heteroatoms. The first-order valence-corrected chi connectivity index (χ1v) is 7.23. The molecule has 2 aromatic rings. The smallest absolute Gasteiger partial charge is 0.292 e. The van der Waals surface area contributed by atoms with Gasteiger partial charge >= 0.3 is 6.18 Å². The fraction of sp³-hybridized carbons (Fsp3) is 0.250. The molecule has 0 amide bonds. The summed E-state index contributed by atoms with van der Waals surface area (Å²) >= 11 is 0. The summed E-state index contributed by atoms with van der Waals surface area (Å²) in [6.07, 6.45) is -1.43. The highest BCUT2D eigenvalue weighted by molar-refractivity contribution is 5.90. The lowest BCUT2D eigenvalue weighted by Crippen LogP contribution is -2.25. The summed E-state index contributed by atoms with van der Waals surface area (Å²) in [5, 5.41) is 8.91. The quantitative estimate of drug-likeness (QED) is 0.473. The number of pyridine rings is 1. The lowest BCUT2D eigenvalue weighted by molar-refractivity contribution is -0.0610. The number of amidine groups is 1. The van der Waals surface area contributed by atoms with Crippen molar-refractivity contribution in [2.45, 2.75) is 19.6 Å². The molecule has 0 bridgehead atoms. The molecule has 0 saturated carbocycles. The van der Waals surface area contributed by atoms with Gasteiger partial charge in [-0.3, -0.25) is 5.01 Å². The van der Waals surface area contributed by atoms with Crippen LogP contribution in [0.25, 0.3) is 11.9 Å². The molecule has 0 radical (unpaired) electrons. The summed E-state index contributed by atoms with van der Waals surface area (Å²) in [7, 11) is 1.40. The van der Waals surface area contributed by atoms with Gasteiger partial charge in [0.1, 0.15) is 0 Å². The number of aliphatic imine (C=N–C) groups is 1. The third-order valence-corrected chi connectivity index (χ3v) is 3.24. The summed E-state index contributed by atoms with van der Waals surface area (Å²) in [6.45, 7) is 8.57. The fourth-order valence-corrected chi connectivity index (χ4v) is 2.15. The monoisotopic (exact) mass is 350 g/mol. The average molecular weight is 350 g/mol. The number of hydrogen-bond acceptors (Lipinski definition) is 4. The Labute approximate surface area is 143 Å². The first-order valence-electron chi connectivity index (χ1n) is 7.23. The molecule has 0 saturated heterocycles. The van der Waals surface area contributed by atoms with E-state index >= 15 is 0 Å². The summed E-state index contributed by atoms with van der Waals surface area (Å²) in [5.74, 6) is -0.683. The van der Waals surface area contributed by atoms with E-state index in [9.17, 15) is 13.2 Å². The summed E-state index contributed by atoms with van der Waals surface area (Å²) < 4.78 is 39.6. The van der Waals surface area contributed by atoms with Crippen LogP contribution in [-0.2, 0) is 6.54 Å².